The molecule has 1 atom stereocenters. The Morgan fingerprint density at radius 2 is 1.87 bits per heavy atom. The lowest BCUT2D eigenvalue weighted by Gasteiger charge is -2.22. The number of rotatable bonds is 6. The number of hydrogen-bond donors (Lipinski definition) is 3. The van der Waals surface area contributed by atoms with Gasteiger partial charge in [-0.25, -0.2) is 4.79 Å². The molecule has 1 aromatic carbocycles. The lowest BCUT2D eigenvalue weighted by atomic mass is 10.1. The molecule has 0 aromatic heterocycles. The van der Waals surface area contributed by atoms with Gasteiger partial charge in [0.2, 0.25) is 5.91 Å². The molecule has 0 aliphatic rings. The highest BCUT2D eigenvalue weighted by molar-refractivity contribution is 5.80. The van der Waals surface area contributed by atoms with Crippen molar-refractivity contribution in [2.75, 3.05) is 18.9 Å². The highest BCUT2D eigenvalue weighted by atomic mass is 16.6. The van der Waals surface area contributed by atoms with E-state index in [0.29, 0.717) is 13.0 Å². The molecule has 0 heterocycles. The van der Waals surface area contributed by atoms with Gasteiger partial charge in [-0.1, -0.05) is 18.2 Å². The molecule has 0 aliphatic carbocycles. The van der Waals surface area contributed by atoms with Crippen LogP contribution in [0.4, 0.5) is 10.5 Å². The largest absolute Gasteiger partial charge is 0.444 e. The van der Waals surface area contributed by atoms with E-state index in [4.69, 9.17) is 4.74 Å². The molecule has 6 nitrogen and oxygen atoms in total. The second kappa shape index (κ2) is 8.41. The number of nitrogens with one attached hydrogen (secondary N) is 3. The molecule has 1 aromatic rings. The molecule has 0 aliphatic heterocycles. The summed E-state index contributed by atoms with van der Waals surface area (Å²) in [6.45, 7) is 7.84. The summed E-state index contributed by atoms with van der Waals surface area (Å²) in [4.78, 5) is 23.2. The summed E-state index contributed by atoms with van der Waals surface area (Å²) in [5.74, 6) is -0.0428. The number of alkyl carbamates (subject to hydrolysis) is 1. The van der Waals surface area contributed by atoms with Gasteiger partial charge in [-0.15, -0.1) is 0 Å². The minimum Gasteiger partial charge on any atom is -0.444 e. The molecule has 23 heavy (non-hydrogen) atoms. The molecule has 0 radical (unpaired) electrons. The first-order valence-electron chi connectivity index (χ1n) is 7.73. The number of ether oxygens (including phenoxy) is 1. The minimum absolute atomic E-state index is 0.00615. The first-order valence-corrected chi connectivity index (χ1v) is 7.73. The van der Waals surface area contributed by atoms with E-state index in [1.165, 1.54) is 0 Å². The fraction of sp³-hybridized carbons (Fsp3) is 0.529. The van der Waals surface area contributed by atoms with Gasteiger partial charge in [-0.2, -0.15) is 0 Å². The predicted octanol–water partition coefficient (Wildman–Crippen LogP) is 2.30. The number of carbonyl (C=O) groups excluding carboxylic acids is 2. The van der Waals surface area contributed by atoms with Crippen molar-refractivity contribution in [2.45, 2.75) is 45.8 Å². The maximum absolute atomic E-state index is 11.7. The Morgan fingerprint density at radius 1 is 1.22 bits per heavy atom. The van der Waals surface area contributed by atoms with Crippen molar-refractivity contribution in [1.82, 2.24) is 10.6 Å². The number of carbonyl (C=O) groups is 2. The van der Waals surface area contributed by atoms with E-state index in [9.17, 15) is 9.59 Å². The maximum Gasteiger partial charge on any atom is 0.407 e. The number of likely N-dealkylation sites (N-methyl/N-ethyl adjacent to an activating group) is 1. The minimum atomic E-state index is -0.513. The molecular formula is C17H27N3O3. The zero-order chi connectivity index (χ0) is 17.5. The first kappa shape index (κ1) is 18.8. The lowest BCUT2D eigenvalue weighted by Crippen LogP contribution is -2.38. The Kier molecular flexibility index (Phi) is 6.88. The molecule has 1 rings (SSSR count). The van der Waals surface area contributed by atoms with Crippen LogP contribution < -0.4 is 16.0 Å². The fourth-order valence-electron chi connectivity index (χ4n) is 1.94. The van der Waals surface area contributed by atoms with E-state index in [0.717, 1.165) is 11.3 Å². The van der Waals surface area contributed by atoms with Crippen LogP contribution in [0.25, 0.3) is 0 Å². The fourth-order valence-corrected chi connectivity index (χ4v) is 1.94. The monoisotopic (exact) mass is 321 g/mol. The average molecular weight is 321 g/mol. The van der Waals surface area contributed by atoms with Gasteiger partial charge in [0.25, 0.3) is 0 Å². The zero-order valence-electron chi connectivity index (χ0n) is 14.5. The van der Waals surface area contributed by atoms with E-state index in [-0.39, 0.29) is 11.9 Å². The quantitative estimate of drug-likeness (QED) is 0.751. The Morgan fingerprint density at radius 3 is 2.48 bits per heavy atom. The molecular weight excluding hydrogens is 294 g/mol. The van der Waals surface area contributed by atoms with E-state index in [2.05, 4.69) is 16.0 Å². The van der Waals surface area contributed by atoms with Crippen LogP contribution in [0, 0.1) is 0 Å². The van der Waals surface area contributed by atoms with Crippen LogP contribution in [0.2, 0.25) is 0 Å². The molecule has 0 spiro atoms. The zero-order valence-corrected chi connectivity index (χ0v) is 14.5. The van der Waals surface area contributed by atoms with Gasteiger partial charge in [0, 0.05) is 25.3 Å². The van der Waals surface area contributed by atoms with Crippen LogP contribution in [0.15, 0.2) is 24.3 Å². The summed E-state index contributed by atoms with van der Waals surface area (Å²) in [6, 6.07) is 7.62. The molecule has 0 saturated carbocycles. The van der Waals surface area contributed by atoms with Crippen LogP contribution >= 0.6 is 0 Å². The third-order valence-electron chi connectivity index (χ3n) is 3.00. The smallest absolute Gasteiger partial charge is 0.407 e. The van der Waals surface area contributed by atoms with Crippen molar-refractivity contribution in [3.63, 3.8) is 0 Å². The maximum atomic E-state index is 11.7. The van der Waals surface area contributed by atoms with Gasteiger partial charge in [0.05, 0.1) is 6.42 Å². The Labute approximate surface area is 138 Å². The van der Waals surface area contributed by atoms with Crippen molar-refractivity contribution in [1.29, 1.82) is 0 Å². The molecule has 0 bridgehead atoms. The number of hydrogen-bond acceptors (Lipinski definition) is 4. The standard InChI is InChI=1S/C17H27N3O3/c1-12(11-19-16(22)23-17(2,3)4)20-14-9-7-6-8-13(14)10-15(21)18-5/h6-9,12,20H,10-11H2,1-5H3,(H,18,21)(H,19,22). The second-order valence-corrected chi connectivity index (χ2v) is 6.44. The van der Waals surface area contributed by atoms with Crippen molar-refractivity contribution in [3.8, 4) is 0 Å². The molecule has 1 unspecified atom stereocenters. The summed E-state index contributed by atoms with van der Waals surface area (Å²) in [7, 11) is 1.62. The second-order valence-electron chi connectivity index (χ2n) is 6.44. The SMILES string of the molecule is CNC(=O)Cc1ccccc1NC(C)CNC(=O)OC(C)(C)C. The third-order valence-corrected chi connectivity index (χ3v) is 3.00. The number of amides is 2. The van der Waals surface area contributed by atoms with Gasteiger partial charge in [-0.05, 0) is 39.3 Å². The van der Waals surface area contributed by atoms with Crippen molar-refractivity contribution in [3.05, 3.63) is 29.8 Å². The van der Waals surface area contributed by atoms with Crippen LogP contribution in [0.1, 0.15) is 33.3 Å². The van der Waals surface area contributed by atoms with Gasteiger partial charge in [0.15, 0.2) is 0 Å². The van der Waals surface area contributed by atoms with Gasteiger partial charge >= 0.3 is 6.09 Å². The number of benzene rings is 1. The Hall–Kier alpha value is -2.24. The molecule has 0 saturated heterocycles. The van der Waals surface area contributed by atoms with Gasteiger partial charge in [0.1, 0.15) is 5.60 Å². The highest BCUT2D eigenvalue weighted by Gasteiger charge is 2.16. The topological polar surface area (TPSA) is 79.5 Å². The van der Waals surface area contributed by atoms with Gasteiger partial charge < -0.3 is 20.7 Å². The van der Waals surface area contributed by atoms with Crippen molar-refractivity contribution >= 4 is 17.7 Å². The summed E-state index contributed by atoms with van der Waals surface area (Å²) in [5, 5.41) is 8.65. The van der Waals surface area contributed by atoms with Crippen LogP contribution in [-0.2, 0) is 16.0 Å². The lowest BCUT2D eigenvalue weighted by molar-refractivity contribution is -0.119. The molecule has 2 amide bonds. The van der Waals surface area contributed by atoms with E-state index in [1.54, 1.807) is 7.05 Å². The first-order chi connectivity index (χ1) is 10.7. The summed E-state index contributed by atoms with van der Waals surface area (Å²) >= 11 is 0. The Balaban J connectivity index is 2.56. The van der Waals surface area contributed by atoms with Crippen LogP contribution in [0.5, 0.6) is 0 Å². The van der Waals surface area contributed by atoms with E-state index < -0.39 is 11.7 Å². The number of anilines is 1. The van der Waals surface area contributed by atoms with Crippen molar-refractivity contribution < 1.29 is 14.3 Å². The van der Waals surface area contributed by atoms with E-state index in [1.807, 2.05) is 52.0 Å². The van der Waals surface area contributed by atoms with E-state index >= 15 is 0 Å². The Bertz CT molecular complexity index is 538. The van der Waals surface area contributed by atoms with Crippen LogP contribution in [0.3, 0.4) is 0 Å². The summed E-state index contributed by atoms with van der Waals surface area (Å²) < 4.78 is 5.20. The van der Waals surface area contributed by atoms with Gasteiger partial charge in [-0.3, -0.25) is 4.79 Å². The third kappa shape index (κ3) is 7.54. The highest BCUT2D eigenvalue weighted by Crippen LogP contribution is 2.16. The number of para-hydroxylation sites is 1. The average Bonchev–Trinajstić information content (AvgIpc) is 2.45. The summed E-state index contributed by atoms with van der Waals surface area (Å²) in [5.41, 5.74) is 1.28. The normalized spacial score (nSPS) is 12.2. The van der Waals surface area contributed by atoms with Crippen molar-refractivity contribution in [2.24, 2.45) is 0 Å². The predicted molar refractivity (Wildman–Crippen MR) is 91.5 cm³/mol. The summed E-state index contributed by atoms with van der Waals surface area (Å²) in [6.07, 6.45) is -0.129. The molecule has 0 fully saturated rings. The molecule has 3 N–H and O–H groups in total. The molecule has 6 heteroatoms. The van der Waals surface area contributed by atoms with Crippen LogP contribution in [-0.4, -0.2) is 37.2 Å². The molecule has 128 valence electrons.